The van der Waals surface area contributed by atoms with Gasteiger partial charge in [0.2, 0.25) is 0 Å². The second-order valence-electron chi connectivity index (χ2n) is 9.14. The van der Waals surface area contributed by atoms with Gasteiger partial charge in [-0.2, -0.15) is 0 Å². The van der Waals surface area contributed by atoms with Crippen LogP contribution in [0.3, 0.4) is 0 Å². The van der Waals surface area contributed by atoms with Crippen molar-refractivity contribution in [1.82, 2.24) is 4.90 Å². The molecule has 6 nitrogen and oxygen atoms in total. The summed E-state index contributed by atoms with van der Waals surface area (Å²) in [5.41, 5.74) is 1.49. The van der Waals surface area contributed by atoms with E-state index in [9.17, 15) is 26.4 Å². The van der Waals surface area contributed by atoms with Gasteiger partial charge in [0.1, 0.15) is 24.0 Å². The maximum absolute atomic E-state index is 14.6. The van der Waals surface area contributed by atoms with E-state index in [1.165, 1.54) is 19.2 Å². The summed E-state index contributed by atoms with van der Waals surface area (Å²) in [7, 11) is -1.65. The van der Waals surface area contributed by atoms with Crippen molar-refractivity contribution in [2.24, 2.45) is 0 Å². The standard InChI is InChI=1S/C28H24F3NO5S/c1-36-25-5-2-17(14-24(25)31)27-26(18-12-19(29)15-20(30)13-18)22-4-3-21(16-23(22)28(27)33)37-9-6-32-7-10-38(34,35)11-8-32/h2-5,12-16H,6-11H2,1H3. The molecule has 0 atom stereocenters. The SMILES string of the molecule is COc1ccc(C2=C(c3cc(F)cc(F)c3)c3ccc(OCCN4CCS(=O)(=O)CC4)cc3C2=O)cc1F. The van der Waals surface area contributed by atoms with Crippen LogP contribution in [0.4, 0.5) is 13.2 Å². The lowest BCUT2D eigenvalue weighted by molar-refractivity contribution is 0.105. The molecule has 3 aromatic carbocycles. The molecule has 1 aliphatic carbocycles. The van der Waals surface area contributed by atoms with Crippen molar-refractivity contribution in [3.05, 3.63) is 94.3 Å². The molecule has 1 saturated heterocycles. The van der Waals surface area contributed by atoms with Gasteiger partial charge in [0.05, 0.1) is 18.6 Å². The highest BCUT2D eigenvalue weighted by Gasteiger charge is 2.33. The van der Waals surface area contributed by atoms with E-state index in [4.69, 9.17) is 9.47 Å². The first-order chi connectivity index (χ1) is 18.1. The summed E-state index contributed by atoms with van der Waals surface area (Å²) < 4.78 is 77.0. The van der Waals surface area contributed by atoms with E-state index >= 15 is 0 Å². The number of ketones is 1. The summed E-state index contributed by atoms with van der Waals surface area (Å²) in [6, 6.07) is 11.9. The van der Waals surface area contributed by atoms with Gasteiger partial charge in [-0.15, -0.1) is 0 Å². The Labute approximate surface area is 218 Å². The lowest BCUT2D eigenvalue weighted by Gasteiger charge is -2.26. The molecule has 0 amide bonds. The molecule has 0 N–H and O–H groups in total. The Hall–Kier alpha value is -3.63. The molecule has 0 bridgehead atoms. The van der Waals surface area contributed by atoms with E-state index in [1.807, 2.05) is 4.90 Å². The maximum atomic E-state index is 14.6. The van der Waals surface area contributed by atoms with Crippen LogP contribution in [0.25, 0.3) is 11.1 Å². The molecular weight excluding hydrogens is 519 g/mol. The number of carbonyl (C=O) groups is 1. The number of benzene rings is 3. The minimum absolute atomic E-state index is 0.00217. The normalized spacial score (nSPS) is 17.0. The van der Waals surface area contributed by atoms with E-state index in [0.29, 0.717) is 30.9 Å². The van der Waals surface area contributed by atoms with Crippen molar-refractivity contribution in [3.63, 3.8) is 0 Å². The highest BCUT2D eigenvalue weighted by molar-refractivity contribution is 7.91. The molecule has 198 valence electrons. The van der Waals surface area contributed by atoms with Crippen LogP contribution < -0.4 is 9.47 Å². The van der Waals surface area contributed by atoms with E-state index in [1.54, 1.807) is 18.2 Å². The van der Waals surface area contributed by atoms with Crippen molar-refractivity contribution >= 4 is 26.8 Å². The van der Waals surface area contributed by atoms with Crippen LogP contribution in [-0.2, 0) is 9.84 Å². The predicted octanol–water partition coefficient (Wildman–Crippen LogP) is 4.38. The summed E-state index contributed by atoms with van der Waals surface area (Å²) in [5, 5.41) is 0. The number of hydrogen-bond donors (Lipinski definition) is 0. The number of sulfone groups is 1. The Bertz CT molecular complexity index is 1530. The Morgan fingerprint density at radius 2 is 1.55 bits per heavy atom. The number of carbonyl (C=O) groups excluding carboxylic acids is 1. The van der Waals surface area contributed by atoms with Gasteiger partial charge in [-0.05, 0) is 59.2 Å². The lowest BCUT2D eigenvalue weighted by Crippen LogP contribution is -2.42. The van der Waals surface area contributed by atoms with Gasteiger partial charge in [-0.25, -0.2) is 21.6 Å². The van der Waals surface area contributed by atoms with Crippen LogP contribution in [0, 0.1) is 17.5 Å². The third-order valence-corrected chi connectivity index (χ3v) is 8.30. The molecule has 1 heterocycles. The fourth-order valence-electron chi connectivity index (χ4n) is 4.76. The zero-order valence-electron chi connectivity index (χ0n) is 20.5. The lowest BCUT2D eigenvalue weighted by atomic mass is 9.94. The highest BCUT2D eigenvalue weighted by Crippen LogP contribution is 2.44. The Morgan fingerprint density at radius 1 is 0.842 bits per heavy atom. The molecule has 5 rings (SSSR count). The maximum Gasteiger partial charge on any atom is 0.195 e. The summed E-state index contributed by atoms with van der Waals surface area (Å²) in [5.74, 6) is -2.09. The van der Waals surface area contributed by atoms with Gasteiger partial charge in [-0.3, -0.25) is 9.69 Å². The molecule has 0 radical (unpaired) electrons. The average Bonchev–Trinajstić information content (AvgIpc) is 3.16. The molecule has 1 fully saturated rings. The Morgan fingerprint density at radius 3 is 2.21 bits per heavy atom. The van der Waals surface area contributed by atoms with E-state index < -0.39 is 33.1 Å². The van der Waals surface area contributed by atoms with Gasteiger partial charge in [0, 0.05) is 42.4 Å². The van der Waals surface area contributed by atoms with Crippen molar-refractivity contribution in [2.75, 3.05) is 44.9 Å². The van der Waals surface area contributed by atoms with Gasteiger partial charge in [0.25, 0.3) is 0 Å². The minimum atomic E-state index is -2.98. The van der Waals surface area contributed by atoms with Crippen molar-refractivity contribution in [3.8, 4) is 11.5 Å². The van der Waals surface area contributed by atoms with Gasteiger partial charge >= 0.3 is 0 Å². The van der Waals surface area contributed by atoms with E-state index in [-0.39, 0.29) is 51.7 Å². The smallest absolute Gasteiger partial charge is 0.195 e. The molecule has 38 heavy (non-hydrogen) atoms. The van der Waals surface area contributed by atoms with Crippen LogP contribution in [0.15, 0.2) is 54.6 Å². The summed E-state index contributed by atoms with van der Waals surface area (Å²) >= 11 is 0. The van der Waals surface area contributed by atoms with Crippen LogP contribution in [-0.4, -0.2) is 64.0 Å². The fourth-order valence-corrected chi connectivity index (χ4v) is 6.04. The summed E-state index contributed by atoms with van der Waals surface area (Å²) in [6.45, 7) is 1.67. The number of ether oxygens (including phenoxy) is 2. The van der Waals surface area contributed by atoms with Crippen molar-refractivity contribution in [1.29, 1.82) is 0 Å². The van der Waals surface area contributed by atoms with Crippen LogP contribution in [0.1, 0.15) is 27.0 Å². The molecule has 0 unspecified atom stereocenters. The number of methoxy groups -OCH3 is 1. The number of hydrogen-bond acceptors (Lipinski definition) is 6. The van der Waals surface area contributed by atoms with E-state index in [2.05, 4.69) is 0 Å². The van der Waals surface area contributed by atoms with Crippen LogP contribution in [0.5, 0.6) is 11.5 Å². The first-order valence-corrected chi connectivity index (χ1v) is 13.8. The molecule has 3 aromatic rings. The van der Waals surface area contributed by atoms with Gasteiger partial charge in [0.15, 0.2) is 27.2 Å². The quantitative estimate of drug-likeness (QED) is 0.441. The predicted molar refractivity (Wildman–Crippen MR) is 137 cm³/mol. The van der Waals surface area contributed by atoms with Crippen LogP contribution >= 0.6 is 0 Å². The first-order valence-electron chi connectivity index (χ1n) is 11.9. The molecular formula is C28H24F3NO5S. The monoisotopic (exact) mass is 543 g/mol. The fraction of sp³-hybridized carbons (Fsp3) is 0.250. The Balaban J connectivity index is 1.46. The third kappa shape index (κ3) is 5.19. The number of allylic oxidation sites excluding steroid dienone is 1. The first kappa shape index (κ1) is 26.0. The molecule has 0 spiro atoms. The third-order valence-electron chi connectivity index (χ3n) is 6.69. The highest BCUT2D eigenvalue weighted by atomic mass is 32.2. The molecule has 1 aliphatic heterocycles. The zero-order valence-corrected chi connectivity index (χ0v) is 21.3. The topological polar surface area (TPSA) is 72.9 Å². The van der Waals surface area contributed by atoms with Crippen LogP contribution in [0.2, 0.25) is 0 Å². The molecule has 0 aromatic heterocycles. The molecule has 10 heteroatoms. The number of rotatable bonds is 7. The number of nitrogens with zero attached hydrogens (tertiary/aromatic N) is 1. The summed E-state index contributed by atoms with van der Waals surface area (Å²) in [4.78, 5) is 15.6. The number of fused-ring (bicyclic) bond motifs is 1. The minimum Gasteiger partial charge on any atom is -0.494 e. The van der Waals surface area contributed by atoms with E-state index in [0.717, 1.165) is 24.3 Å². The number of Topliss-reactive ketones (excluding diaryl/α,β-unsaturated/α-hetero) is 1. The zero-order chi connectivity index (χ0) is 27.0. The Kier molecular flexibility index (Phi) is 7.02. The molecule has 2 aliphatic rings. The van der Waals surface area contributed by atoms with Gasteiger partial charge in [-0.1, -0.05) is 6.07 Å². The largest absolute Gasteiger partial charge is 0.494 e. The second kappa shape index (κ2) is 10.3. The molecule has 0 saturated carbocycles. The average molecular weight is 544 g/mol. The van der Waals surface area contributed by atoms with Crippen molar-refractivity contribution in [2.45, 2.75) is 0 Å². The van der Waals surface area contributed by atoms with Gasteiger partial charge < -0.3 is 9.47 Å². The number of halogens is 3. The summed E-state index contributed by atoms with van der Waals surface area (Å²) in [6.07, 6.45) is 0. The van der Waals surface area contributed by atoms with Crippen molar-refractivity contribution < 1.29 is 35.9 Å². The second-order valence-corrected chi connectivity index (χ2v) is 11.4.